The number of aromatic amines is 1. The topological polar surface area (TPSA) is 161 Å². The van der Waals surface area contributed by atoms with Crippen molar-refractivity contribution in [3.05, 3.63) is 11.4 Å². The van der Waals surface area contributed by atoms with E-state index in [1.165, 1.54) is 0 Å². The normalized spacial score (nSPS) is 10.1. The van der Waals surface area contributed by atoms with E-state index in [4.69, 9.17) is 17.2 Å². The fourth-order valence-corrected chi connectivity index (χ4v) is 1.33. The van der Waals surface area contributed by atoms with Crippen LogP contribution in [0.1, 0.15) is 16.2 Å². The first-order valence-electron chi connectivity index (χ1n) is 4.99. The smallest absolute Gasteiger partial charge is 0.277 e. The van der Waals surface area contributed by atoms with Gasteiger partial charge < -0.3 is 22.1 Å². The first-order chi connectivity index (χ1) is 8.32. The lowest BCUT2D eigenvalue weighted by molar-refractivity contribution is -0.121. The number of nitrogens with zero attached hydrogens (tertiary/aromatic N) is 2. The van der Waals surface area contributed by atoms with Crippen molar-refractivity contribution in [2.45, 2.75) is 6.92 Å². The maximum atomic E-state index is 12.0. The van der Waals surface area contributed by atoms with Gasteiger partial charge in [-0.05, 0) is 6.92 Å². The van der Waals surface area contributed by atoms with Crippen molar-refractivity contribution in [1.82, 2.24) is 15.1 Å². The van der Waals surface area contributed by atoms with Crippen molar-refractivity contribution >= 4 is 23.4 Å². The Morgan fingerprint density at radius 2 is 1.72 bits per heavy atom. The van der Waals surface area contributed by atoms with Crippen LogP contribution in [0.5, 0.6) is 0 Å². The summed E-state index contributed by atoms with van der Waals surface area (Å²) in [4.78, 5) is 34.6. The summed E-state index contributed by atoms with van der Waals surface area (Å²) in [7, 11) is 0. The number of hydrogen-bond acceptors (Lipinski definition) is 5. The van der Waals surface area contributed by atoms with Crippen molar-refractivity contribution in [1.29, 1.82) is 0 Å². The predicted octanol–water partition coefficient (Wildman–Crippen LogP) is -2.29. The SMILES string of the molecule is Cc1[nH]nc(C(=O)N(CC(N)=O)CC(N)=O)c1N. The molecule has 0 aliphatic carbocycles. The van der Waals surface area contributed by atoms with E-state index in [9.17, 15) is 14.4 Å². The van der Waals surface area contributed by atoms with Gasteiger partial charge in [0.05, 0.1) is 11.4 Å². The number of rotatable bonds is 5. The number of nitrogens with one attached hydrogen (secondary N) is 1. The summed E-state index contributed by atoms with van der Waals surface area (Å²) in [5.41, 5.74) is 16.2. The lowest BCUT2D eigenvalue weighted by atomic mass is 10.2. The maximum Gasteiger partial charge on any atom is 0.277 e. The van der Waals surface area contributed by atoms with Crippen LogP contribution in [0.2, 0.25) is 0 Å². The number of aryl methyl sites for hydroxylation is 1. The van der Waals surface area contributed by atoms with Crippen LogP contribution >= 0.6 is 0 Å². The first-order valence-corrected chi connectivity index (χ1v) is 4.99. The molecule has 0 atom stereocenters. The van der Waals surface area contributed by atoms with Crippen LogP contribution in [0.15, 0.2) is 0 Å². The number of hydrogen-bond donors (Lipinski definition) is 4. The highest BCUT2D eigenvalue weighted by Crippen LogP contribution is 2.14. The minimum atomic E-state index is -0.768. The van der Waals surface area contributed by atoms with Crippen LogP contribution in [0.25, 0.3) is 0 Å². The Morgan fingerprint density at radius 3 is 2.06 bits per heavy atom. The molecule has 3 amide bonds. The second-order valence-corrected chi connectivity index (χ2v) is 3.70. The van der Waals surface area contributed by atoms with Gasteiger partial charge in [0.2, 0.25) is 11.8 Å². The molecule has 0 aliphatic heterocycles. The third-order valence-electron chi connectivity index (χ3n) is 2.18. The maximum absolute atomic E-state index is 12.0. The van der Waals surface area contributed by atoms with Crippen LogP contribution in [0.3, 0.4) is 0 Å². The quantitative estimate of drug-likeness (QED) is 0.464. The Balaban J connectivity index is 2.98. The van der Waals surface area contributed by atoms with Gasteiger partial charge in [-0.1, -0.05) is 0 Å². The Hall–Kier alpha value is -2.58. The third kappa shape index (κ3) is 2.97. The molecule has 0 spiro atoms. The molecule has 9 nitrogen and oxygen atoms in total. The number of H-pyrrole nitrogens is 1. The zero-order chi connectivity index (χ0) is 13.9. The molecule has 0 radical (unpaired) electrons. The number of carbonyl (C=O) groups excluding carboxylic acids is 3. The van der Waals surface area contributed by atoms with Crippen LogP contribution in [-0.4, -0.2) is 45.9 Å². The lowest BCUT2D eigenvalue weighted by Crippen LogP contribution is -2.43. The largest absolute Gasteiger partial charge is 0.395 e. The Bertz CT molecular complexity index is 478. The lowest BCUT2D eigenvalue weighted by Gasteiger charge is -2.18. The monoisotopic (exact) mass is 254 g/mol. The Labute approximate surface area is 102 Å². The summed E-state index contributed by atoms with van der Waals surface area (Å²) in [6, 6.07) is 0. The molecule has 18 heavy (non-hydrogen) atoms. The molecular formula is C9H14N6O3. The van der Waals surface area contributed by atoms with E-state index in [-0.39, 0.29) is 11.4 Å². The summed E-state index contributed by atoms with van der Waals surface area (Å²) in [5.74, 6) is -2.22. The number of aromatic nitrogens is 2. The van der Waals surface area contributed by atoms with Gasteiger partial charge in [0, 0.05) is 0 Å². The van der Waals surface area contributed by atoms with Crippen molar-refractivity contribution in [2.75, 3.05) is 18.8 Å². The Kier molecular flexibility index (Phi) is 3.87. The van der Waals surface area contributed by atoms with E-state index in [2.05, 4.69) is 10.2 Å². The number of nitrogen functional groups attached to an aromatic ring is 1. The average molecular weight is 254 g/mol. The van der Waals surface area contributed by atoms with Gasteiger partial charge in [0.15, 0.2) is 5.69 Å². The molecule has 7 N–H and O–H groups in total. The summed E-state index contributed by atoms with van der Waals surface area (Å²) in [6.45, 7) is 0.756. The van der Waals surface area contributed by atoms with Crippen LogP contribution in [-0.2, 0) is 9.59 Å². The molecule has 1 aromatic heterocycles. The molecule has 0 aliphatic rings. The molecule has 0 aromatic carbocycles. The summed E-state index contributed by atoms with van der Waals surface area (Å²) >= 11 is 0. The molecule has 9 heteroatoms. The Morgan fingerprint density at radius 1 is 1.22 bits per heavy atom. The van der Waals surface area contributed by atoms with Gasteiger partial charge in [-0.3, -0.25) is 19.5 Å². The third-order valence-corrected chi connectivity index (χ3v) is 2.18. The van der Waals surface area contributed by atoms with Gasteiger partial charge in [0.1, 0.15) is 13.1 Å². The van der Waals surface area contributed by atoms with Crippen LogP contribution in [0.4, 0.5) is 5.69 Å². The summed E-state index contributed by atoms with van der Waals surface area (Å²) < 4.78 is 0. The predicted molar refractivity (Wildman–Crippen MR) is 62.0 cm³/mol. The van der Waals surface area contributed by atoms with Gasteiger partial charge in [-0.15, -0.1) is 0 Å². The van der Waals surface area contributed by atoms with E-state index in [0.29, 0.717) is 5.69 Å². The fraction of sp³-hybridized carbons (Fsp3) is 0.333. The molecule has 0 unspecified atom stereocenters. The number of carbonyl (C=O) groups is 3. The van der Waals surface area contributed by atoms with Gasteiger partial charge in [-0.2, -0.15) is 5.10 Å². The molecule has 1 rings (SSSR count). The zero-order valence-electron chi connectivity index (χ0n) is 9.77. The van der Waals surface area contributed by atoms with Crippen LogP contribution < -0.4 is 17.2 Å². The standard InChI is InChI=1S/C9H14N6O3/c1-4-7(12)8(14-13-4)9(18)15(2-5(10)16)3-6(11)17/h2-3,12H2,1H3,(H2,10,16)(H2,11,17)(H,13,14). The number of amides is 3. The summed E-state index contributed by atoms with van der Waals surface area (Å²) in [6.07, 6.45) is 0. The van der Waals surface area contributed by atoms with Gasteiger partial charge in [-0.25, -0.2) is 0 Å². The first kappa shape index (κ1) is 13.5. The average Bonchev–Trinajstić information content (AvgIpc) is 2.56. The second-order valence-electron chi connectivity index (χ2n) is 3.70. The van der Waals surface area contributed by atoms with E-state index in [1.54, 1.807) is 6.92 Å². The molecule has 0 saturated carbocycles. The zero-order valence-corrected chi connectivity index (χ0v) is 9.77. The molecule has 1 heterocycles. The fourth-order valence-electron chi connectivity index (χ4n) is 1.33. The van der Waals surface area contributed by atoms with Crippen molar-refractivity contribution in [3.63, 3.8) is 0 Å². The van der Waals surface area contributed by atoms with E-state index in [0.717, 1.165) is 4.90 Å². The van der Waals surface area contributed by atoms with E-state index < -0.39 is 30.8 Å². The molecule has 98 valence electrons. The number of anilines is 1. The molecule has 0 saturated heterocycles. The van der Waals surface area contributed by atoms with Crippen molar-refractivity contribution in [3.8, 4) is 0 Å². The molecular weight excluding hydrogens is 240 g/mol. The minimum Gasteiger partial charge on any atom is -0.395 e. The van der Waals surface area contributed by atoms with Gasteiger partial charge >= 0.3 is 0 Å². The van der Waals surface area contributed by atoms with E-state index >= 15 is 0 Å². The highest BCUT2D eigenvalue weighted by atomic mass is 16.2. The highest BCUT2D eigenvalue weighted by Gasteiger charge is 2.24. The van der Waals surface area contributed by atoms with Crippen molar-refractivity contribution < 1.29 is 14.4 Å². The minimum absolute atomic E-state index is 0.0741. The van der Waals surface area contributed by atoms with Crippen LogP contribution in [0, 0.1) is 6.92 Å². The molecule has 1 aromatic rings. The number of primary amides is 2. The highest BCUT2D eigenvalue weighted by molar-refractivity contribution is 6.00. The van der Waals surface area contributed by atoms with E-state index in [1.807, 2.05) is 0 Å². The van der Waals surface area contributed by atoms with Gasteiger partial charge in [0.25, 0.3) is 5.91 Å². The summed E-state index contributed by atoms with van der Waals surface area (Å²) in [5, 5.41) is 6.23. The molecule has 0 fully saturated rings. The second kappa shape index (κ2) is 5.17. The van der Waals surface area contributed by atoms with Crippen molar-refractivity contribution in [2.24, 2.45) is 11.5 Å². The molecule has 0 bridgehead atoms. The number of nitrogens with two attached hydrogens (primary N) is 3.